The third-order valence-electron chi connectivity index (χ3n) is 2.12. The fourth-order valence-electron chi connectivity index (χ4n) is 1.37. The molecule has 0 bridgehead atoms. The van der Waals surface area contributed by atoms with Gasteiger partial charge in [-0.3, -0.25) is 0 Å². The number of aliphatic hydroxyl groups excluding tert-OH is 1. The molecule has 2 aromatic rings. The summed E-state index contributed by atoms with van der Waals surface area (Å²) in [5.74, 6) is 0.520. The van der Waals surface area contributed by atoms with Gasteiger partial charge in [0.2, 0.25) is 0 Å². The molecule has 2 rings (SSSR count). The van der Waals surface area contributed by atoms with Crippen molar-refractivity contribution in [1.82, 2.24) is 29.8 Å². The summed E-state index contributed by atoms with van der Waals surface area (Å²) in [6.45, 7) is 0. The van der Waals surface area contributed by atoms with Gasteiger partial charge in [-0.15, -0.1) is 10.2 Å². The molecule has 1 N–H and O–H groups in total. The molecule has 15 heavy (non-hydrogen) atoms. The maximum absolute atomic E-state index is 9.88. The van der Waals surface area contributed by atoms with E-state index in [1.807, 2.05) is 7.05 Å². The van der Waals surface area contributed by atoms with Crippen LogP contribution in [0.2, 0.25) is 0 Å². The van der Waals surface area contributed by atoms with E-state index in [-0.39, 0.29) is 0 Å². The number of nitrogens with zero attached hydrogens (tertiary/aromatic N) is 6. The Labute approximate surface area is 86.4 Å². The monoisotopic (exact) mass is 208 g/mol. The van der Waals surface area contributed by atoms with Crippen LogP contribution in [-0.4, -0.2) is 34.9 Å². The molecule has 1 atom stereocenters. The van der Waals surface area contributed by atoms with Crippen LogP contribution in [0.3, 0.4) is 0 Å². The van der Waals surface area contributed by atoms with Crippen molar-refractivity contribution in [3.63, 3.8) is 0 Å². The van der Waals surface area contributed by atoms with Crippen LogP contribution in [0.15, 0.2) is 12.5 Å². The molecule has 80 valence electrons. The molecule has 0 fully saturated rings. The molecular formula is C8H12N6O. The lowest BCUT2D eigenvalue weighted by Crippen LogP contribution is -2.08. The fourth-order valence-corrected chi connectivity index (χ4v) is 1.37. The first-order valence-electron chi connectivity index (χ1n) is 4.54. The van der Waals surface area contributed by atoms with Crippen molar-refractivity contribution in [3.05, 3.63) is 24.0 Å². The first-order valence-corrected chi connectivity index (χ1v) is 4.54. The summed E-state index contributed by atoms with van der Waals surface area (Å²) in [6.07, 6.45) is 2.96. The van der Waals surface area contributed by atoms with Crippen molar-refractivity contribution in [3.8, 4) is 0 Å². The summed E-state index contributed by atoms with van der Waals surface area (Å²) >= 11 is 0. The van der Waals surface area contributed by atoms with E-state index in [4.69, 9.17) is 0 Å². The van der Waals surface area contributed by atoms with Gasteiger partial charge in [-0.25, -0.2) is 4.98 Å². The Morgan fingerprint density at radius 2 is 2.27 bits per heavy atom. The predicted molar refractivity (Wildman–Crippen MR) is 50.7 cm³/mol. The standard InChI is InChI=1S/C8H12N6O/c1-13-5-9-4-6(13)7(15)3-8-10-12-14(2)11-8/h4-5,7,15H,3H2,1-2H3. The molecule has 0 aliphatic rings. The Kier molecular flexibility index (Phi) is 2.46. The molecule has 0 aliphatic heterocycles. The molecule has 2 heterocycles. The quantitative estimate of drug-likeness (QED) is 0.715. The molecule has 2 aromatic heterocycles. The molecule has 0 saturated heterocycles. The highest BCUT2D eigenvalue weighted by Crippen LogP contribution is 2.14. The summed E-state index contributed by atoms with van der Waals surface area (Å²) in [6, 6.07) is 0. The van der Waals surface area contributed by atoms with E-state index in [0.29, 0.717) is 12.2 Å². The molecule has 0 saturated carbocycles. The normalized spacial score (nSPS) is 13.0. The number of tetrazole rings is 1. The number of hydrogen-bond acceptors (Lipinski definition) is 5. The van der Waals surface area contributed by atoms with E-state index in [1.54, 1.807) is 24.1 Å². The van der Waals surface area contributed by atoms with Crippen molar-refractivity contribution in [2.24, 2.45) is 14.1 Å². The van der Waals surface area contributed by atoms with Gasteiger partial charge in [0.05, 0.1) is 25.3 Å². The van der Waals surface area contributed by atoms with Crippen molar-refractivity contribution in [1.29, 1.82) is 0 Å². The second-order valence-corrected chi connectivity index (χ2v) is 3.34. The van der Waals surface area contributed by atoms with Gasteiger partial charge in [-0.2, -0.15) is 4.80 Å². The minimum Gasteiger partial charge on any atom is -0.386 e. The molecule has 1 unspecified atom stereocenters. The number of hydrogen-bond donors (Lipinski definition) is 1. The van der Waals surface area contributed by atoms with E-state index in [2.05, 4.69) is 20.4 Å². The molecule has 0 amide bonds. The van der Waals surface area contributed by atoms with E-state index in [0.717, 1.165) is 5.69 Å². The van der Waals surface area contributed by atoms with E-state index in [1.165, 1.54) is 4.80 Å². The highest BCUT2D eigenvalue weighted by atomic mass is 16.3. The lowest BCUT2D eigenvalue weighted by molar-refractivity contribution is 0.167. The van der Waals surface area contributed by atoms with Gasteiger partial charge in [0, 0.05) is 13.5 Å². The Morgan fingerprint density at radius 3 is 2.80 bits per heavy atom. The third-order valence-corrected chi connectivity index (χ3v) is 2.12. The maximum atomic E-state index is 9.88. The van der Waals surface area contributed by atoms with Crippen LogP contribution in [0, 0.1) is 0 Å². The highest BCUT2D eigenvalue weighted by molar-refractivity contribution is 5.04. The van der Waals surface area contributed by atoms with Crippen LogP contribution in [0.4, 0.5) is 0 Å². The van der Waals surface area contributed by atoms with Gasteiger partial charge in [0.15, 0.2) is 5.82 Å². The van der Waals surface area contributed by atoms with E-state index < -0.39 is 6.10 Å². The number of aryl methyl sites for hydroxylation is 2. The van der Waals surface area contributed by atoms with Gasteiger partial charge in [0.25, 0.3) is 0 Å². The van der Waals surface area contributed by atoms with Crippen molar-refractivity contribution < 1.29 is 5.11 Å². The van der Waals surface area contributed by atoms with Crippen LogP contribution in [0.1, 0.15) is 17.6 Å². The summed E-state index contributed by atoms with van der Waals surface area (Å²) < 4.78 is 1.76. The Morgan fingerprint density at radius 1 is 1.47 bits per heavy atom. The highest BCUT2D eigenvalue weighted by Gasteiger charge is 2.14. The SMILES string of the molecule is Cn1nnc(CC(O)c2cncn2C)n1. The average molecular weight is 208 g/mol. The fraction of sp³-hybridized carbons (Fsp3) is 0.500. The van der Waals surface area contributed by atoms with Crippen molar-refractivity contribution in [2.75, 3.05) is 0 Å². The summed E-state index contributed by atoms with van der Waals surface area (Å²) in [5, 5.41) is 21.4. The first-order chi connectivity index (χ1) is 7.16. The smallest absolute Gasteiger partial charge is 0.177 e. The number of imidazole rings is 1. The van der Waals surface area contributed by atoms with Crippen LogP contribution < -0.4 is 0 Å². The molecule has 0 aromatic carbocycles. The minimum atomic E-state index is -0.651. The average Bonchev–Trinajstić information content (AvgIpc) is 2.75. The number of rotatable bonds is 3. The molecule has 0 aliphatic carbocycles. The summed E-state index contributed by atoms with van der Waals surface area (Å²) in [5.41, 5.74) is 0.738. The van der Waals surface area contributed by atoms with Gasteiger partial charge in [-0.05, 0) is 5.21 Å². The summed E-state index contributed by atoms with van der Waals surface area (Å²) in [7, 11) is 3.52. The van der Waals surface area contributed by atoms with E-state index in [9.17, 15) is 5.11 Å². The van der Waals surface area contributed by atoms with Crippen LogP contribution >= 0.6 is 0 Å². The van der Waals surface area contributed by atoms with Crippen molar-refractivity contribution >= 4 is 0 Å². The van der Waals surface area contributed by atoms with Crippen LogP contribution in [0.25, 0.3) is 0 Å². The van der Waals surface area contributed by atoms with Crippen LogP contribution in [-0.2, 0) is 20.5 Å². The van der Waals surface area contributed by atoms with Crippen LogP contribution in [0.5, 0.6) is 0 Å². The predicted octanol–water partition coefficient (Wildman–Crippen LogP) is -0.780. The second-order valence-electron chi connectivity index (χ2n) is 3.34. The molecule has 0 spiro atoms. The topological polar surface area (TPSA) is 81.6 Å². The second kappa shape index (κ2) is 3.77. The van der Waals surface area contributed by atoms with E-state index >= 15 is 0 Å². The van der Waals surface area contributed by atoms with Gasteiger partial charge in [0.1, 0.15) is 6.10 Å². The third kappa shape index (κ3) is 2.01. The number of aromatic nitrogens is 6. The Hall–Kier alpha value is -1.76. The zero-order valence-electron chi connectivity index (χ0n) is 8.57. The molecule has 7 heteroatoms. The maximum Gasteiger partial charge on any atom is 0.177 e. The zero-order valence-corrected chi connectivity index (χ0v) is 8.57. The molecule has 7 nitrogen and oxygen atoms in total. The number of aliphatic hydroxyl groups is 1. The Balaban J connectivity index is 2.10. The lowest BCUT2D eigenvalue weighted by Gasteiger charge is -2.07. The lowest BCUT2D eigenvalue weighted by atomic mass is 10.2. The van der Waals surface area contributed by atoms with Gasteiger partial charge < -0.3 is 9.67 Å². The van der Waals surface area contributed by atoms with Gasteiger partial charge in [-0.1, -0.05) is 0 Å². The van der Waals surface area contributed by atoms with Gasteiger partial charge >= 0.3 is 0 Å². The minimum absolute atomic E-state index is 0.341. The van der Waals surface area contributed by atoms with Crippen molar-refractivity contribution in [2.45, 2.75) is 12.5 Å². The first kappa shape index (κ1) is 9.78. The molecular weight excluding hydrogens is 196 g/mol. The molecule has 0 radical (unpaired) electrons. The summed E-state index contributed by atoms with van der Waals surface area (Å²) in [4.78, 5) is 5.30. The zero-order chi connectivity index (χ0) is 10.8. The largest absolute Gasteiger partial charge is 0.386 e. The Bertz CT molecular complexity index is 447.